The Kier molecular flexibility index (Phi) is 4.12. The van der Waals surface area contributed by atoms with Gasteiger partial charge in [0, 0.05) is 49.9 Å². The lowest BCUT2D eigenvalue weighted by Crippen LogP contribution is -2.37. The standard InChI is InChI=1S/C14H18N4O3/c19-18(20)13-2-3-14-12(10-13)11-17(15-14)5-1-4-16-6-8-21-9-7-16/h2-3,10-11H,1,4-9H2. The number of non-ortho nitro benzene ring substituents is 1. The van der Waals surface area contributed by atoms with E-state index in [1.54, 1.807) is 12.1 Å². The largest absolute Gasteiger partial charge is 0.379 e. The van der Waals surface area contributed by atoms with Crippen LogP contribution in [0.4, 0.5) is 5.69 Å². The molecular weight excluding hydrogens is 272 g/mol. The first-order valence-electron chi connectivity index (χ1n) is 7.14. The predicted molar refractivity (Wildman–Crippen MR) is 78.3 cm³/mol. The van der Waals surface area contributed by atoms with Gasteiger partial charge in [-0.3, -0.25) is 19.7 Å². The van der Waals surface area contributed by atoms with Crippen molar-refractivity contribution in [3.8, 4) is 0 Å². The minimum atomic E-state index is -0.380. The normalized spacial score (nSPS) is 16.4. The van der Waals surface area contributed by atoms with Gasteiger partial charge in [0.25, 0.3) is 5.69 Å². The summed E-state index contributed by atoms with van der Waals surface area (Å²) >= 11 is 0. The molecule has 112 valence electrons. The number of benzene rings is 1. The molecule has 2 heterocycles. The van der Waals surface area contributed by atoms with Gasteiger partial charge in [-0.1, -0.05) is 0 Å². The van der Waals surface area contributed by atoms with E-state index < -0.39 is 0 Å². The molecule has 1 saturated heterocycles. The Balaban J connectivity index is 1.60. The molecule has 0 N–H and O–H groups in total. The first-order valence-corrected chi connectivity index (χ1v) is 7.14. The molecule has 7 nitrogen and oxygen atoms in total. The van der Waals surface area contributed by atoms with Gasteiger partial charge >= 0.3 is 0 Å². The molecule has 0 atom stereocenters. The summed E-state index contributed by atoms with van der Waals surface area (Å²) in [6.07, 6.45) is 2.89. The third-order valence-electron chi connectivity index (χ3n) is 3.71. The summed E-state index contributed by atoms with van der Waals surface area (Å²) in [4.78, 5) is 12.8. The van der Waals surface area contributed by atoms with Crippen molar-refractivity contribution in [3.63, 3.8) is 0 Å². The summed E-state index contributed by atoms with van der Waals surface area (Å²) in [5.41, 5.74) is 0.905. The van der Waals surface area contributed by atoms with E-state index >= 15 is 0 Å². The number of hydrogen-bond acceptors (Lipinski definition) is 5. The molecule has 1 aromatic heterocycles. The minimum Gasteiger partial charge on any atom is -0.379 e. The third-order valence-corrected chi connectivity index (χ3v) is 3.71. The van der Waals surface area contributed by atoms with Crippen LogP contribution in [0.1, 0.15) is 6.42 Å². The van der Waals surface area contributed by atoms with Crippen molar-refractivity contribution in [1.82, 2.24) is 14.7 Å². The van der Waals surface area contributed by atoms with E-state index in [2.05, 4.69) is 10.00 Å². The predicted octanol–water partition coefficient (Wildman–Crippen LogP) is 1.67. The van der Waals surface area contributed by atoms with Crippen LogP contribution < -0.4 is 0 Å². The van der Waals surface area contributed by atoms with Gasteiger partial charge in [-0.2, -0.15) is 5.10 Å². The van der Waals surface area contributed by atoms with Crippen molar-refractivity contribution in [2.24, 2.45) is 0 Å². The number of aromatic nitrogens is 2. The lowest BCUT2D eigenvalue weighted by molar-refractivity contribution is -0.384. The zero-order valence-corrected chi connectivity index (χ0v) is 11.8. The Hall–Kier alpha value is -1.99. The fraction of sp³-hybridized carbons (Fsp3) is 0.500. The van der Waals surface area contributed by atoms with Crippen molar-refractivity contribution in [2.75, 3.05) is 32.8 Å². The van der Waals surface area contributed by atoms with Gasteiger partial charge in [-0.15, -0.1) is 0 Å². The zero-order valence-electron chi connectivity index (χ0n) is 11.8. The van der Waals surface area contributed by atoms with Crippen LogP contribution in [-0.2, 0) is 11.3 Å². The van der Waals surface area contributed by atoms with Crippen molar-refractivity contribution in [3.05, 3.63) is 34.5 Å². The summed E-state index contributed by atoms with van der Waals surface area (Å²) in [5, 5.41) is 16.0. The SMILES string of the molecule is O=[N+]([O-])c1ccc2nn(CCCN3CCOCC3)cc2c1. The maximum atomic E-state index is 10.8. The number of nitro benzene ring substituents is 1. The first-order chi connectivity index (χ1) is 10.2. The minimum absolute atomic E-state index is 0.107. The highest BCUT2D eigenvalue weighted by Crippen LogP contribution is 2.19. The van der Waals surface area contributed by atoms with Crippen LogP contribution >= 0.6 is 0 Å². The molecule has 3 rings (SSSR count). The van der Waals surface area contributed by atoms with Gasteiger partial charge in [0.1, 0.15) is 0 Å². The first kappa shape index (κ1) is 14.0. The number of aryl methyl sites for hydroxylation is 1. The third kappa shape index (κ3) is 3.37. The lowest BCUT2D eigenvalue weighted by atomic mass is 10.2. The van der Waals surface area contributed by atoms with E-state index in [-0.39, 0.29) is 10.6 Å². The second-order valence-electron chi connectivity index (χ2n) is 5.20. The number of morpholine rings is 1. The second-order valence-corrected chi connectivity index (χ2v) is 5.20. The van der Waals surface area contributed by atoms with Crippen LogP contribution in [0.25, 0.3) is 10.9 Å². The molecule has 1 fully saturated rings. The monoisotopic (exact) mass is 290 g/mol. The molecule has 0 aliphatic carbocycles. The van der Waals surface area contributed by atoms with Gasteiger partial charge in [-0.25, -0.2) is 0 Å². The van der Waals surface area contributed by atoms with Crippen LogP contribution in [0.15, 0.2) is 24.4 Å². The average molecular weight is 290 g/mol. The molecule has 0 radical (unpaired) electrons. The maximum Gasteiger partial charge on any atom is 0.270 e. The van der Waals surface area contributed by atoms with E-state index in [1.807, 2.05) is 10.9 Å². The molecule has 0 spiro atoms. The van der Waals surface area contributed by atoms with Crippen molar-refractivity contribution < 1.29 is 9.66 Å². The highest BCUT2D eigenvalue weighted by molar-refractivity contribution is 5.80. The molecule has 0 bridgehead atoms. The van der Waals surface area contributed by atoms with Gasteiger partial charge in [-0.05, 0) is 12.5 Å². The van der Waals surface area contributed by atoms with Gasteiger partial charge in [0.15, 0.2) is 0 Å². The van der Waals surface area contributed by atoms with Crippen LogP contribution in [0, 0.1) is 10.1 Å². The smallest absolute Gasteiger partial charge is 0.270 e. The van der Waals surface area contributed by atoms with Gasteiger partial charge < -0.3 is 4.74 Å². The van der Waals surface area contributed by atoms with Crippen LogP contribution in [0.2, 0.25) is 0 Å². The Labute approximate surface area is 122 Å². The topological polar surface area (TPSA) is 73.4 Å². The van der Waals surface area contributed by atoms with E-state index in [1.165, 1.54) is 6.07 Å². The maximum absolute atomic E-state index is 10.8. The van der Waals surface area contributed by atoms with Crippen LogP contribution in [0.3, 0.4) is 0 Å². The summed E-state index contributed by atoms with van der Waals surface area (Å²) in [6, 6.07) is 4.76. The molecule has 0 saturated carbocycles. The quantitative estimate of drug-likeness (QED) is 0.618. The van der Waals surface area contributed by atoms with Crippen molar-refractivity contribution >= 4 is 16.6 Å². The number of fused-ring (bicyclic) bond motifs is 1. The number of hydrogen-bond donors (Lipinski definition) is 0. The highest BCUT2D eigenvalue weighted by atomic mass is 16.6. The number of rotatable bonds is 5. The summed E-state index contributed by atoms with van der Waals surface area (Å²) in [7, 11) is 0. The molecule has 2 aromatic rings. The molecule has 21 heavy (non-hydrogen) atoms. The number of ether oxygens (including phenoxy) is 1. The highest BCUT2D eigenvalue weighted by Gasteiger charge is 2.11. The molecular formula is C14H18N4O3. The Morgan fingerprint density at radius 1 is 1.29 bits per heavy atom. The van der Waals surface area contributed by atoms with Gasteiger partial charge in [0.05, 0.1) is 23.7 Å². The molecule has 1 aliphatic rings. The Morgan fingerprint density at radius 2 is 2.10 bits per heavy atom. The fourth-order valence-corrected chi connectivity index (χ4v) is 2.57. The van der Waals surface area contributed by atoms with E-state index in [4.69, 9.17) is 4.74 Å². The number of nitrogens with zero attached hydrogens (tertiary/aromatic N) is 4. The second kappa shape index (κ2) is 6.19. The van der Waals surface area contributed by atoms with Crippen LogP contribution in [-0.4, -0.2) is 52.5 Å². The van der Waals surface area contributed by atoms with Crippen molar-refractivity contribution in [1.29, 1.82) is 0 Å². The molecule has 1 aliphatic heterocycles. The van der Waals surface area contributed by atoms with E-state index in [0.29, 0.717) is 0 Å². The Bertz CT molecular complexity index is 634. The molecule has 0 amide bonds. The average Bonchev–Trinajstić information content (AvgIpc) is 2.90. The van der Waals surface area contributed by atoms with E-state index in [0.717, 1.165) is 56.7 Å². The molecule has 0 unspecified atom stereocenters. The number of nitro groups is 1. The fourth-order valence-electron chi connectivity index (χ4n) is 2.57. The van der Waals surface area contributed by atoms with Crippen LogP contribution in [0.5, 0.6) is 0 Å². The summed E-state index contributed by atoms with van der Waals surface area (Å²) in [5.74, 6) is 0. The van der Waals surface area contributed by atoms with Gasteiger partial charge in [0.2, 0.25) is 0 Å². The summed E-state index contributed by atoms with van der Waals surface area (Å²) < 4.78 is 7.19. The zero-order chi connectivity index (χ0) is 14.7. The van der Waals surface area contributed by atoms with Crippen molar-refractivity contribution in [2.45, 2.75) is 13.0 Å². The molecule has 1 aromatic carbocycles. The summed E-state index contributed by atoms with van der Waals surface area (Å²) in [6.45, 7) is 5.46. The Morgan fingerprint density at radius 3 is 2.86 bits per heavy atom. The van der Waals surface area contributed by atoms with E-state index in [9.17, 15) is 10.1 Å². The lowest BCUT2D eigenvalue weighted by Gasteiger charge is -2.26. The molecule has 7 heteroatoms.